The van der Waals surface area contributed by atoms with E-state index in [4.69, 9.17) is 4.84 Å². The number of aromatic nitrogens is 1. The lowest BCUT2D eigenvalue weighted by Crippen LogP contribution is -2.37. The predicted molar refractivity (Wildman–Crippen MR) is 111 cm³/mol. The molecule has 2 amide bonds. The summed E-state index contributed by atoms with van der Waals surface area (Å²) < 4.78 is 0.874. The molecule has 0 spiro atoms. The van der Waals surface area contributed by atoms with Crippen LogP contribution in [0, 0.1) is 5.92 Å². The van der Waals surface area contributed by atoms with E-state index in [1.165, 1.54) is 4.90 Å². The van der Waals surface area contributed by atoms with E-state index in [0.29, 0.717) is 11.4 Å². The Morgan fingerprint density at radius 1 is 0.828 bits per heavy atom. The SMILES string of the molecule is O=C1[C@H]2[C@@H](ON(c3ccccc3)[C@H]2c2ccccn2)C(=O)N1c1ccc(Br)cc1. The Bertz CT molecular complexity index is 1060. The van der Waals surface area contributed by atoms with Crippen molar-refractivity contribution in [1.29, 1.82) is 0 Å². The second-order valence-electron chi connectivity index (χ2n) is 6.90. The first-order valence-electron chi connectivity index (χ1n) is 9.20. The van der Waals surface area contributed by atoms with Crippen molar-refractivity contribution in [2.75, 3.05) is 9.96 Å². The number of anilines is 2. The number of hydrogen-bond acceptors (Lipinski definition) is 5. The topological polar surface area (TPSA) is 62.7 Å². The summed E-state index contributed by atoms with van der Waals surface area (Å²) in [6.07, 6.45) is 0.790. The molecule has 0 N–H and O–H groups in total. The van der Waals surface area contributed by atoms with Gasteiger partial charge in [0.1, 0.15) is 12.0 Å². The van der Waals surface area contributed by atoms with Crippen molar-refractivity contribution in [3.8, 4) is 0 Å². The summed E-state index contributed by atoms with van der Waals surface area (Å²) in [5, 5.41) is 1.65. The van der Waals surface area contributed by atoms with Crippen molar-refractivity contribution >= 4 is 39.1 Å². The van der Waals surface area contributed by atoms with Crippen molar-refractivity contribution in [2.24, 2.45) is 5.92 Å². The molecule has 2 aliphatic heterocycles. The maximum atomic E-state index is 13.4. The second kappa shape index (κ2) is 7.09. The molecule has 1 aromatic heterocycles. The molecule has 0 aliphatic carbocycles. The maximum absolute atomic E-state index is 13.4. The lowest BCUT2D eigenvalue weighted by molar-refractivity contribution is -0.126. The van der Waals surface area contributed by atoms with Crippen molar-refractivity contribution < 1.29 is 14.4 Å². The van der Waals surface area contributed by atoms with Crippen LogP contribution in [-0.4, -0.2) is 22.9 Å². The normalized spacial score (nSPS) is 23.6. The molecule has 6 nitrogen and oxygen atoms in total. The van der Waals surface area contributed by atoms with Gasteiger partial charge < -0.3 is 0 Å². The molecule has 0 unspecified atom stereocenters. The number of imide groups is 1. The number of halogens is 1. The first-order valence-corrected chi connectivity index (χ1v) is 10.00. The van der Waals surface area contributed by atoms with Gasteiger partial charge in [0.25, 0.3) is 5.91 Å². The number of carbonyl (C=O) groups excluding carboxylic acids is 2. The fourth-order valence-electron chi connectivity index (χ4n) is 3.91. The molecule has 0 bridgehead atoms. The van der Waals surface area contributed by atoms with E-state index in [1.54, 1.807) is 35.5 Å². The van der Waals surface area contributed by atoms with E-state index >= 15 is 0 Å². The molecule has 5 rings (SSSR count). The lowest BCUT2D eigenvalue weighted by atomic mass is 9.93. The van der Waals surface area contributed by atoms with Crippen molar-refractivity contribution in [3.05, 3.63) is 89.2 Å². The Kier molecular flexibility index (Phi) is 4.41. The minimum atomic E-state index is -0.890. The number of amides is 2. The minimum Gasteiger partial charge on any atom is -0.273 e. The summed E-state index contributed by atoms with van der Waals surface area (Å²) in [4.78, 5) is 38.3. The van der Waals surface area contributed by atoms with Crippen LogP contribution in [0.15, 0.2) is 83.5 Å². The Balaban J connectivity index is 1.58. The Morgan fingerprint density at radius 2 is 1.55 bits per heavy atom. The molecular weight excluding hydrogens is 434 g/mol. The third kappa shape index (κ3) is 2.94. The van der Waals surface area contributed by atoms with Gasteiger partial charge in [-0.3, -0.25) is 19.4 Å². The fraction of sp³-hybridized carbons (Fsp3) is 0.136. The van der Waals surface area contributed by atoms with Crippen LogP contribution in [-0.2, 0) is 14.4 Å². The van der Waals surface area contributed by atoms with Crippen LogP contribution in [0.1, 0.15) is 11.7 Å². The lowest BCUT2D eigenvalue weighted by Gasteiger charge is -2.28. The van der Waals surface area contributed by atoms with Crippen LogP contribution < -0.4 is 9.96 Å². The summed E-state index contributed by atoms with van der Waals surface area (Å²) in [7, 11) is 0. The van der Waals surface area contributed by atoms with Gasteiger partial charge in [-0.1, -0.05) is 40.2 Å². The number of fused-ring (bicyclic) bond motifs is 1. The van der Waals surface area contributed by atoms with E-state index in [2.05, 4.69) is 20.9 Å². The predicted octanol–water partition coefficient (Wildman–Crippen LogP) is 3.90. The molecule has 144 valence electrons. The summed E-state index contributed by atoms with van der Waals surface area (Å²) >= 11 is 3.38. The van der Waals surface area contributed by atoms with Crippen LogP contribution in [0.25, 0.3) is 0 Å². The van der Waals surface area contributed by atoms with Gasteiger partial charge in [-0.15, -0.1) is 0 Å². The quantitative estimate of drug-likeness (QED) is 0.567. The first-order chi connectivity index (χ1) is 14.1. The van der Waals surface area contributed by atoms with Gasteiger partial charge in [0.05, 0.1) is 17.1 Å². The van der Waals surface area contributed by atoms with E-state index in [0.717, 1.165) is 10.2 Å². The highest BCUT2D eigenvalue weighted by Gasteiger charge is 2.60. The number of nitrogens with zero attached hydrogens (tertiary/aromatic N) is 3. The summed E-state index contributed by atoms with van der Waals surface area (Å²) in [5.41, 5.74) is 1.99. The van der Waals surface area contributed by atoms with Gasteiger partial charge in [0.15, 0.2) is 6.10 Å². The Labute approximate surface area is 175 Å². The summed E-state index contributed by atoms with van der Waals surface area (Å²) in [5.74, 6) is -1.32. The van der Waals surface area contributed by atoms with Gasteiger partial charge in [-0.25, -0.2) is 9.96 Å². The van der Waals surface area contributed by atoms with E-state index in [1.807, 2.05) is 48.5 Å². The summed E-state index contributed by atoms with van der Waals surface area (Å²) in [6.45, 7) is 0. The van der Waals surface area contributed by atoms with E-state index in [9.17, 15) is 9.59 Å². The number of hydroxylamine groups is 1. The highest BCUT2D eigenvalue weighted by Crippen LogP contribution is 2.47. The van der Waals surface area contributed by atoms with E-state index in [-0.39, 0.29) is 11.8 Å². The molecule has 2 fully saturated rings. The van der Waals surface area contributed by atoms with Crippen molar-refractivity contribution in [3.63, 3.8) is 0 Å². The zero-order valence-corrected chi connectivity index (χ0v) is 16.8. The zero-order chi connectivity index (χ0) is 20.0. The third-order valence-electron chi connectivity index (χ3n) is 5.20. The fourth-order valence-corrected chi connectivity index (χ4v) is 4.17. The van der Waals surface area contributed by atoms with Gasteiger partial charge in [0, 0.05) is 10.7 Å². The molecule has 0 saturated carbocycles. The van der Waals surface area contributed by atoms with Crippen LogP contribution in [0.2, 0.25) is 0 Å². The van der Waals surface area contributed by atoms with Crippen molar-refractivity contribution in [2.45, 2.75) is 12.1 Å². The largest absolute Gasteiger partial charge is 0.273 e. The van der Waals surface area contributed by atoms with Gasteiger partial charge in [0.2, 0.25) is 5.91 Å². The van der Waals surface area contributed by atoms with Crippen LogP contribution in [0.4, 0.5) is 11.4 Å². The smallest absolute Gasteiger partial charge is 0.266 e. The van der Waals surface area contributed by atoms with Gasteiger partial charge >= 0.3 is 0 Å². The van der Waals surface area contributed by atoms with Crippen LogP contribution >= 0.6 is 15.9 Å². The first kappa shape index (κ1) is 18.0. The monoisotopic (exact) mass is 449 g/mol. The average Bonchev–Trinajstić information content (AvgIpc) is 3.27. The number of hydrogen-bond donors (Lipinski definition) is 0. The standard InChI is InChI=1S/C22H16BrN3O3/c23-14-9-11-15(12-10-14)25-21(27)18-19(17-8-4-5-13-24-17)26(29-20(18)22(25)28)16-6-2-1-3-7-16/h1-13,18-20H/t18-,19+,20-/m1/s1. The highest BCUT2D eigenvalue weighted by molar-refractivity contribution is 9.10. The van der Waals surface area contributed by atoms with Crippen LogP contribution in [0.5, 0.6) is 0 Å². The second-order valence-corrected chi connectivity index (χ2v) is 7.82. The zero-order valence-electron chi connectivity index (χ0n) is 15.2. The number of rotatable bonds is 3. The molecule has 2 aliphatic rings. The molecule has 2 saturated heterocycles. The Hall–Kier alpha value is -3.03. The van der Waals surface area contributed by atoms with Crippen LogP contribution in [0.3, 0.4) is 0 Å². The minimum absolute atomic E-state index is 0.281. The number of carbonyl (C=O) groups is 2. The van der Waals surface area contributed by atoms with E-state index < -0.39 is 18.1 Å². The molecule has 3 aromatic rings. The molecule has 7 heteroatoms. The highest BCUT2D eigenvalue weighted by atomic mass is 79.9. The average molecular weight is 450 g/mol. The number of benzene rings is 2. The molecule has 3 heterocycles. The number of pyridine rings is 1. The summed E-state index contributed by atoms with van der Waals surface area (Å²) in [6, 6.07) is 21.6. The number of para-hydroxylation sites is 1. The van der Waals surface area contributed by atoms with Gasteiger partial charge in [-0.05, 0) is 48.5 Å². The molecule has 29 heavy (non-hydrogen) atoms. The van der Waals surface area contributed by atoms with Gasteiger partial charge in [-0.2, -0.15) is 0 Å². The molecule has 2 aromatic carbocycles. The molecule has 3 atom stereocenters. The maximum Gasteiger partial charge on any atom is 0.266 e. The molecular formula is C22H16BrN3O3. The van der Waals surface area contributed by atoms with Crippen molar-refractivity contribution in [1.82, 2.24) is 4.98 Å². The third-order valence-corrected chi connectivity index (χ3v) is 5.73. The molecule has 0 radical (unpaired) electrons. The Morgan fingerprint density at radius 3 is 2.24 bits per heavy atom.